The summed E-state index contributed by atoms with van der Waals surface area (Å²) >= 11 is 0. The highest BCUT2D eigenvalue weighted by molar-refractivity contribution is 7.92. The fourth-order valence-corrected chi connectivity index (χ4v) is 3.64. The first-order chi connectivity index (χ1) is 13.9. The van der Waals surface area contributed by atoms with Crippen LogP contribution in [0.2, 0.25) is 0 Å². The monoisotopic (exact) mass is 410 g/mol. The molecule has 0 bridgehead atoms. The number of carbonyl (C=O) groups is 1. The minimum Gasteiger partial charge on any atom is -0.367 e. The summed E-state index contributed by atoms with van der Waals surface area (Å²) < 4.78 is 32.7. The second-order valence-electron chi connectivity index (χ2n) is 6.52. The molecular weight excluding hydrogens is 388 g/mol. The lowest BCUT2D eigenvalue weighted by atomic mass is 10.2. The number of hydrogen-bond acceptors (Lipinski definition) is 4. The van der Waals surface area contributed by atoms with E-state index in [0.29, 0.717) is 18.0 Å². The summed E-state index contributed by atoms with van der Waals surface area (Å²) in [4.78, 5) is 12.2. The number of rotatable bonds is 8. The molecule has 7 heteroatoms. The molecule has 29 heavy (non-hydrogen) atoms. The number of amides is 1. The Labute approximate surface area is 170 Å². The minimum absolute atomic E-state index is 0.0727. The van der Waals surface area contributed by atoms with Gasteiger partial charge in [-0.25, -0.2) is 8.42 Å². The van der Waals surface area contributed by atoms with Crippen LogP contribution >= 0.6 is 0 Å². The van der Waals surface area contributed by atoms with Crippen molar-refractivity contribution in [2.24, 2.45) is 0 Å². The molecule has 0 saturated heterocycles. The normalized spacial score (nSPS) is 11.1. The van der Waals surface area contributed by atoms with Crippen LogP contribution in [0, 0.1) is 6.92 Å². The maximum Gasteiger partial charge on any atom is 0.261 e. The van der Waals surface area contributed by atoms with Crippen molar-refractivity contribution < 1.29 is 17.9 Å². The van der Waals surface area contributed by atoms with Crippen LogP contribution < -0.4 is 10.0 Å². The zero-order valence-electron chi connectivity index (χ0n) is 16.0. The van der Waals surface area contributed by atoms with Crippen molar-refractivity contribution in [3.63, 3.8) is 0 Å². The van der Waals surface area contributed by atoms with E-state index in [0.717, 1.165) is 11.1 Å². The average molecular weight is 410 g/mol. The molecular formula is C22H22N2O4S. The van der Waals surface area contributed by atoms with E-state index >= 15 is 0 Å². The van der Waals surface area contributed by atoms with Crippen LogP contribution in [0.5, 0.6) is 0 Å². The summed E-state index contributed by atoms with van der Waals surface area (Å²) in [6.07, 6.45) is 0. The molecule has 150 valence electrons. The Hall–Kier alpha value is -3.16. The fraction of sp³-hybridized carbons (Fsp3) is 0.136. The minimum atomic E-state index is -3.66. The number of aryl methyl sites for hydroxylation is 1. The van der Waals surface area contributed by atoms with Crippen molar-refractivity contribution in [2.75, 3.05) is 16.6 Å². The van der Waals surface area contributed by atoms with Crippen molar-refractivity contribution in [2.45, 2.75) is 18.4 Å². The van der Waals surface area contributed by atoms with Gasteiger partial charge in [0.25, 0.3) is 10.0 Å². The van der Waals surface area contributed by atoms with Gasteiger partial charge in [0.1, 0.15) is 6.61 Å². The van der Waals surface area contributed by atoms with Crippen LogP contribution in [0.15, 0.2) is 83.8 Å². The molecule has 0 fully saturated rings. The van der Waals surface area contributed by atoms with Crippen molar-refractivity contribution in [1.82, 2.24) is 0 Å². The van der Waals surface area contributed by atoms with Gasteiger partial charge in [0.15, 0.2) is 0 Å². The van der Waals surface area contributed by atoms with Crippen LogP contribution in [0.25, 0.3) is 0 Å². The highest BCUT2D eigenvalue weighted by Crippen LogP contribution is 2.19. The van der Waals surface area contributed by atoms with E-state index in [-0.39, 0.29) is 17.4 Å². The summed E-state index contributed by atoms with van der Waals surface area (Å²) in [5.74, 6) is -0.283. The molecule has 3 aromatic carbocycles. The molecule has 0 unspecified atom stereocenters. The number of sulfonamides is 1. The van der Waals surface area contributed by atoms with E-state index < -0.39 is 10.0 Å². The van der Waals surface area contributed by atoms with Crippen molar-refractivity contribution in [3.8, 4) is 0 Å². The quantitative estimate of drug-likeness (QED) is 0.589. The Balaban J connectivity index is 1.51. The van der Waals surface area contributed by atoms with E-state index in [9.17, 15) is 13.2 Å². The number of benzene rings is 3. The topological polar surface area (TPSA) is 84.5 Å². The number of ether oxygens (including phenoxy) is 1. The molecule has 0 saturated carbocycles. The summed E-state index contributed by atoms with van der Waals surface area (Å²) in [7, 11) is -3.66. The maximum absolute atomic E-state index is 12.4. The van der Waals surface area contributed by atoms with Crippen LogP contribution in [0.4, 0.5) is 11.4 Å². The Morgan fingerprint density at radius 1 is 0.862 bits per heavy atom. The predicted molar refractivity (Wildman–Crippen MR) is 113 cm³/mol. The molecule has 6 nitrogen and oxygen atoms in total. The molecule has 0 heterocycles. The van der Waals surface area contributed by atoms with Crippen molar-refractivity contribution in [1.29, 1.82) is 0 Å². The number of hydrogen-bond donors (Lipinski definition) is 2. The van der Waals surface area contributed by atoms with Gasteiger partial charge < -0.3 is 10.1 Å². The van der Waals surface area contributed by atoms with Gasteiger partial charge in [-0.15, -0.1) is 0 Å². The van der Waals surface area contributed by atoms with E-state index in [1.807, 2.05) is 37.3 Å². The van der Waals surface area contributed by atoms with Crippen LogP contribution in [-0.2, 0) is 26.2 Å². The van der Waals surface area contributed by atoms with Gasteiger partial charge in [-0.05, 0) is 48.9 Å². The maximum atomic E-state index is 12.4. The van der Waals surface area contributed by atoms with E-state index in [4.69, 9.17) is 4.74 Å². The largest absolute Gasteiger partial charge is 0.367 e. The third-order valence-electron chi connectivity index (χ3n) is 4.10. The molecule has 0 spiro atoms. The second kappa shape index (κ2) is 9.36. The molecule has 3 rings (SSSR count). The molecule has 0 radical (unpaired) electrons. The van der Waals surface area contributed by atoms with Crippen LogP contribution in [0.3, 0.4) is 0 Å². The average Bonchev–Trinajstić information content (AvgIpc) is 2.70. The van der Waals surface area contributed by atoms with E-state index in [1.54, 1.807) is 48.5 Å². The molecule has 0 aliphatic rings. The third-order valence-corrected chi connectivity index (χ3v) is 5.49. The standard InChI is InChI=1S/C22H22N2O4S/c1-17-7-13-21(14-8-17)29(26,27)24-20-11-9-19(10-12-20)23-22(25)16-28-15-18-5-3-2-4-6-18/h2-14,24H,15-16H2,1H3,(H,23,25). The summed E-state index contributed by atoms with van der Waals surface area (Å²) in [5.41, 5.74) is 2.93. The molecule has 2 N–H and O–H groups in total. The molecule has 0 atom stereocenters. The van der Waals surface area contributed by atoms with Crippen molar-refractivity contribution >= 4 is 27.3 Å². The molecule has 3 aromatic rings. The smallest absolute Gasteiger partial charge is 0.261 e. The Morgan fingerprint density at radius 3 is 2.14 bits per heavy atom. The highest BCUT2D eigenvalue weighted by atomic mass is 32.2. The van der Waals surface area contributed by atoms with Gasteiger partial charge in [0, 0.05) is 11.4 Å². The first kappa shape index (κ1) is 20.6. The summed E-state index contributed by atoms with van der Waals surface area (Å²) in [6.45, 7) is 2.17. The molecule has 0 aliphatic heterocycles. The Morgan fingerprint density at radius 2 is 1.48 bits per heavy atom. The van der Waals surface area contributed by atoms with Gasteiger partial charge in [0.05, 0.1) is 11.5 Å². The van der Waals surface area contributed by atoms with Gasteiger partial charge in [0.2, 0.25) is 5.91 Å². The second-order valence-corrected chi connectivity index (χ2v) is 8.20. The number of carbonyl (C=O) groups excluding carboxylic acids is 1. The van der Waals surface area contributed by atoms with Crippen molar-refractivity contribution in [3.05, 3.63) is 90.0 Å². The van der Waals surface area contributed by atoms with Gasteiger partial charge in [-0.3, -0.25) is 9.52 Å². The first-order valence-electron chi connectivity index (χ1n) is 9.03. The summed E-state index contributed by atoms with van der Waals surface area (Å²) in [6, 6.07) is 22.6. The molecule has 1 amide bonds. The van der Waals surface area contributed by atoms with Gasteiger partial charge in [-0.2, -0.15) is 0 Å². The van der Waals surface area contributed by atoms with Crippen LogP contribution in [-0.4, -0.2) is 20.9 Å². The third kappa shape index (κ3) is 6.17. The zero-order valence-corrected chi connectivity index (χ0v) is 16.8. The summed E-state index contributed by atoms with van der Waals surface area (Å²) in [5, 5.41) is 2.71. The number of anilines is 2. The SMILES string of the molecule is Cc1ccc(S(=O)(=O)Nc2ccc(NC(=O)COCc3ccccc3)cc2)cc1. The lowest BCUT2D eigenvalue weighted by Gasteiger charge is -2.10. The van der Waals surface area contributed by atoms with E-state index in [1.165, 1.54) is 0 Å². The zero-order chi connectivity index (χ0) is 20.7. The number of nitrogens with one attached hydrogen (secondary N) is 2. The lowest BCUT2D eigenvalue weighted by molar-refractivity contribution is -0.121. The fourth-order valence-electron chi connectivity index (χ4n) is 2.59. The van der Waals surface area contributed by atoms with Gasteiger partial charge in [-0.1, -0.05) is 48.0 Å². The highest BCUT2D eigenvalue weighted by Gasteiger charge is 2.13. The van der Waals surface area contributed by atoms with Gasteiger partial charge >= 0.3 is 0 Å². The lowest BCUT2D eigenvalue weighted by Crippen LogP contribution is -2.18. The van der Waals surface area contributed by atoms with Crippen LogP contribution in [0.1, 0.15) is 11.1 Å². The molecule has 0 aliphatic carbocycles. The molecule has 0 aromatic heterocycles. The first-order valence-corrected chi connectivity index (χ1v) is 10.5. The Kier molecular flexibility index (Phi) is 6.64. The Bertz CT molecular complexity index is 1050. The van der Waals surface area contributed by atoms with E-state index in [2.05, 4.69) is 10.0 Å². The predicted octanol–water partition coefficient (Wildman–Crippen LogP) is 3.95.